The van der Waals surface area contributed by atoms with Crippen LogP contribution >= 0.6 is 22.9 Å². The van der Waals surface area contributed by atoms with E-state index in [0.717, 1.165) is 35.8 Å². The first-order chi connectivity index (χ1) is 18.0. The second-order valence-electron chi connectivity index (χ2n) is 8.88. The van der Waals surface area contributed by atoms with E-state index in [2.05, 4.69) is 4.90 Å². The fourth-order valence-corrected chi connectivity index (χ4v) is 5.23. The molecule has 1 aromatic heterocycles. The van der Waals surface area contributed by atoms with Crippen LogP contribution in [0, 0.1) is 0 Å². The number of hydrogen-bond acceptors (Lipinski definition) is 5. The van der Waals surface area contributed by atoms with Gasteiger partial charge in [-0.2, -0.15) is 0 Å². The number of para-hydroxylation sites is 1. The van der Waals surface area contributed by atoms with Crippen molar-refractivity contribution in [2.45, 2.75) is 6.42 Å². The molecule has 1 fully saturated rings. The number of piperazine rings is 1. The number of thiophene rings is 1. The third-order valence-electron chi connectivity index (χ3n) is 6.44. The first-order valence-electron chi connectivity index (χ1n) is 12.4. The van der Waals surface area contributed by atoms with E-state index in [1.54, 1.807) is 42.7 Å². The van der Waals surface area contributed by atoms with Gasteiger partial charge in [0.2, 0.25) is 5.91 Å². The molecule has 0 unspecified atom stereocenters. The summed E-state index contributed by atoms with van der Waals surface area (Å²) in [6.07, 6.45) is 4.44. The van der Waals surface area contributed by atoms with Crippen molar-refractivity contribution in [3.05, 3.63) is 93.1 Å². The van der Waals surface area contributed by atoms with E-state index in [-0.39, 0.29) is 11.8 Å². The molecule has 0 aliphatic carbocycles. The van der Waals surface area contributed by atoms with E-state index in [0.29, 0.717) is 43.2 Å². The minimum Gasteiger partial charge on any atom is -0.496 e. The Hall–Kier alpha value is -3.13. The van der Waals surface area contributed by atoms with Crippen LogP contribution in [0.1, 0.15) is 20.8 Å². The molecule has 2 amide bonds. The number of halogens is 1. The maximum atomic E-state index is 13.4. The van der Waals surface area contributed by atoms with Crippen LogP contribution in [0.25, 0.3) is 6.08 Å². The highest BCUT2D eigenvalue weighted by molar-refractivity contribution is 7.10. The van der Waals surface area contributed by atoms with Gasteiger partial charge in [0.25, 0.3) is 5.91 Å². The summed E-state index contributed by atoms with van der Waals surface area (Å²) in [5.41, 5.74) is 1.53. The van der Waals surface area contributed by atoms with Crippen LogP contribution < -0.4 is 4.74 Å². The fourth-order valence-electron chi connectivity index (χ4n) is 4.35. The predicted octanol–water partition coefficient (Wildman–Crippen LogP) is 4.95. The topological polar surface area (TPSA) is 53.1 Å². The summed E-state index contributed by atoms with van der Waals surface area (Å²) in [4.78, 5) is 33.2. The molecular weight excluding hydrogens is 506 g/mol. The monoisotopic (exact) mass is 537 g/mol. The zero-order chi connectivity index (χ0) is 26.0. The number of benzene rings is 2. The van der Waals surface area contributed by atoms with Gasteiger partial charge in [0.15, 0.2) is 0 Å². The van der Waals surface area contributed by atoms with Gasteiger partial charge in [-0.05, 0) is 35.7 Å². The molecule has 0 radical (unpaired) electrons. The van der Waals surface area contributed by atoms with Gasteiger partial charge in [0.05, 0.1) is 13.5 Å². The van der Waals surface area contributed by atoms with Gasteiger partial charge in [0.1, 0.15) is 5.75 Å². The standard InChI is InChI=1S/C29H32ClN3O3S/c1-36-27-12-3-2-7-23(27)9-5-13-33(29(35)24-8-4-10-25(30)21-24)19-16-31-14-17-32(18-15-31)28(34)22-26-11-6-20-37-26/h2-12,20-21H,13-19,22H2,1H3/b9-5+. The SMILES string of the molecule is COc1ccccc1/C=C/CN(CCN1CCN(C(=O)Cc2cccs2)CC1)C(=O)c1cccc(Cl)c1. The number of amides is 2. The predicted molar refractivity (Wildman–Crippen MR) is 150 cm³/mol. The summed E-state index contributed by atoms with van der Waals surface area (Å²) in [5, 5.41) is 2.54. The minimum absolute atomic E-state index is 0.0584. The molecule has 0 spiro atoms. The number of carbonyl (C=O) groups excluding carboxylic acids is 2. The van der Waals surface area contributed by atoms with Crippen molar-refractivity contribution in [3.8, 4) is 5.75 Å². The van der Waals surface area contributed by atoms with Crippen molar-refractivity contribution >= 4 is 40.8 Å². The first kappa shape index (κ1) is 26.9. The van der Waals surface area contributed by atoms with Crippen LogP contribution in [-0.4, -0.2) is 79.4 Å². The molecule has 4 rings (SSSR count). The van der Waals surface area contributed by atoms with Crippen LogP contribution in [-0.2, 0) is 11.2 Å². The molecule has 6 nitrogen and oxygen atoms in total. The third kappa shape index (κ3) is 7.68. The van der Waals surface area contributed by atoms with Gasteiger partial charge in [0, 0.05) is 66.8 Å². The molecule has 1 aliphatic rings. The molecule has 0 atom stereocenters. The highest BCUT2D eigenvalue weighted by atomic mass is 35.5. The molecule has 1 saturated heterocycles. The Morgan fingerprint density at radius 2 is 1.86 bits per heavy atom. The van der Waals surface area contributed by atoms with Gasteiger partial charge in [-0.25, -0.2) is 0 Å². The highest BCUT2D eigenvalue weighted by Crippen LogP contribution is 2.19. The summed E-state index contributed by atoms with van der Waals surface area (Å²) in [7, 11) is 1.65. The molecule has 1 aliphatic heterocycles. The Kier molecular flexibility index (Phi) is 9.77. The second kappa shape index (κ2) is 13.4. The first-order valence-corrected chi connectivity index (χ1v) is 13.7. The number of carbonyl (C=O) groups is 2. The number of rotatable bonds is 10. The fraction of sp³-hybridized carbons (Fsp3) is 0.310. The lowest BCUT2D eigenvalue weighted by molar-refractivity contribution is -0.132. The lowest BCUT2D eigenvalue weighted by Crippen LogP contribution is -2.51. The molecule has 3 aromatic rings. The van der Waals surface area contributed by atoms with E-state index >= 15 is 0 Å². The van der Waals surface area contributed by atoms with Crippen LogP contribution in [0.4, 0.5) is 0 Å². The maximum absolute atomic E-state index is 13.4. The summed E-state index contributed by atoms with van der Waals surface area (Å²) >= 11 is 7.78. The van der Waals surface area contributed by atoms with Gasteiger partial charge in [-0.15, -0.1) is 11.3 Å². The van der Waals surface area contributed by atoms with Crippen LogP contribution in [0.3, 0.4) is 0 Å². The quantitative estimate of drug-likeness (QED) is 0.367. The largest absolute Gasteiger partial charge is 0.496 e. The molecule has 194 valence electrons. The van der Waals surface area contributed by atoms with Gasteiger partial charge < -0.3 is 14.5 Å². The number of methoxy groups -OCH3 is 1. The Morgan fingerprint density at radius 3 is 2.59 bits per heavy atom. The zero-order valence-electron chi connectivity index (χ0n) is 21.0. The van der Waals surface area contributed by atoms with Crippen molar-refractivity contribution < 1.29 is 14.3 Å². The maximum Gasteiger partial charge on any atom is 0.254 e. The van der Waals surface area contributed by atoms with Crippen LogP contribution in [0.5, 0.6) is 5.75 Å². The lowest BCUT2D eigenvalue weighted by atomic mass is 10.1. The number of hydrogen-bond donors (Lipinski definition) is 0. The normalized spacial score (nSPS) is 14.2. The molecule has 0 saturated carbocycles. The summed E-state index contributed by atoms with van der Waals surface area (Å²) in [6.45, 7) is 4.79. The average Bonchev–Trinajstić information content (AvgIpc) is 3.43. The Bertz CT molecular complexity index is 1210. The van der Waals surface area contributed by atoms with Crippen molar-refractivity contribution in [2.75, 3.05) is 52.9 Å². The Morgan fingerprint density at radius 1 is 1.05 bits per heavy atom. The molecule has 0 bridgehead atoms. The van der Waals surface area contributed by atoms with Crippen molar-refractivity contribution in [1.82, 2.24) is 14.7 Å². The van der Waals surface area contributed by atoms with Crippen molar-refractivity contribution in [2.24, 2.45) is 0 Å². The van der Waals surface area contributed by atoms with E-state index in [4.69, 9.17) is 16.3 Å². The smallest absolute Gasteiger partial charge is 0.254 e. The van der Waals surface area contributed by atoms with Crippen molar-refractivity contribution in [3.63, 3.8) is 0 Å². The zero-order valence-corrected chi connectivity index (χ0v) is 22.6. The molecule has 37 heavy (non-hydrogen) atoms. The highest BCUT2D eigenvalue weighted by Gasteiger charge is 2.23. The number of nitrogens with zero attached hydrogens (tertiary/aromatic N) is 3. The molecular formula is C29H32ClN3O3S. The van der Waals surface area contributed by atoms with Gasteiger partial charge in [-0.1, -0.05) is 54.1 Å². The number of ether oxygens (including phenoxy) is 1. The molecule has 8 heteroatoms. The molecule has 0 N–H and O–H groups in total. The van der Waals surface area contributed by atoms with E-state index < -0.39 is 0 Å². The molecule has 2 aromatic carbocycles. The second-order valence-corrected chi connectivity index (χ2v) is 10.4. The summed E-state index contributed by atoms with van der Waals surface area (Å²) in [5.74, 6) is 0.913. The van der Waals surface area contributed by atoms with Gasteiger partial charge in [-0.3, -0.25) is 14.5 Å². The molecule has 2 heterocycles. The lowest BCUT2D eigenvalue weighted by Gasteiger charge is -2.35. The van der Waals surface area contributed by atoms with Crippen LogP contribution in [0.15, 0.2) is 72.1 Å². The average molecular weight is 538 g/mol. The van der Waals surface area contributed by atoms with Crippen LogP contribution in [0.2, 0.25) is 5.02 Å². The Labute approximate surface area is 227 Å². The minimum atomic E-state index is -0.0584. The van der Waals surface area contributed by atoms with Gasteiger partial charge >= 0.3 is 0 Å². The Balaban J connectivity index is 1.35. The van der Waals surface area contributed by atoms with E-state index in [1.165, 1.54) is 0 Å². The third-order valence-corrected chi connectivity index (χ3v) is 7.55. The van der Waals surface area contributed by atoms with Crippen molar-refractivity contribution in [1.29, 1.82) is 0 Å². The summed E-state index contributed by atoms with van der Waals surface area (Å²) in [6, 6.07) is 18.8. The van der Waals surface area contributed by atoms with E-state index in [1.807, 2.05) is 63.7 Å². The summed E-state index contributed by atoms with van der Waals surface area (Å²) < 4.78 is 5.43. The van der Waals surface area contributed by atoms with E-state index in [9.17, 15) is 9.59 Å².